The largest absolute Gasteiger partial charge is 0.354 e. The van der Waals surface area contributed by atoms with Crippen molar-refractivity contribution in [2.45, 2.75) is 52.5 Å². The lowest BCUT2D eigenvalue weighted by Crippen LogP contribution is -2.49. The van der Waals surface area contributed by atoms with Gasteiger partial charge in [0.05, 0.1) is 11.9 Å². The van der Waals surface area contributed by atoms with E-state index < -0.39 is 16.1 Å². The molecule has 2 aromatic rings. The smallest absolute Gasteiger partial charge is 0.242 e. The number of carbonyl (C=O) groups excluding carboxylic acids is 2. The van der Waals surface area contributed by atoms with E-state index >= 15 is 0 Å². The van der Waals surface area contributed by atoms with E-state index in [-0.39, 0.29) is 24.8 Å². The topological polar surface area (TPSA) is 86.8 Å². The SMILES string of the molecule is CCCNC(=O)C(C)N(CCc1ccccc1)C(=O)CCCN(c1ccccc1C)S(C)(=O)=O. The molecular weight excluding hydrogens is 450 g/mol. The number of benzene rings is 2. The van der Waals surface area contributed by atoms with Gasteiger partial charge in [-0.3, -0.25) is 13.9 Å². The van der Waals surface area contributed by atoms with E-state index in [1.807, 2.05) is 56.3 Å². The zero-order valence-electron chi connectivity index (χ0n) is 20.7. The molecule has 0 bridgehead atoms. The van der Waals surface area contributed by atoms with Crippen LogP contribution in [0.15, 0.2) is 54.6 Å². The highest BCUT2D eigenvalue weighted by Crippen LogP contribution is 2.22. The van der Waals surface area contributed by atoms with Crippen LogP contribution in [0.1, 0.15) is 44.2 Å². The Hall–Kier alpha value is -2.87. The fourth-order valence-electron chi connectivity index (χ4n) is 3.79. The molecule has 0 saturated heterocycles. The third-order valence-corrected chi connectivity index (χ3v) is 6.92. The van der Waals surface area contributed by atoms with Gasteiger partial charge in [-0.15, -0.1) is 0 Å². The third-order valence-electron chi connectivity index (χ3n) is 5.74. The van der Waals surface area contributed by atoms with Crippen molar-refractivity contribution in [2.75, 3.05) is 30.2 Å². The first-order valence-electron chi connectivity index (χ1n) is 11.8. The average molecular weight is 488 g/mol. The minimum atomic E-state index is -3.50. The number of para-hydroxylation sites is 1. The van der Waals surface area contributed by atoms with Crippen LogP contribution >= 0.6 is 0 Å². The lowest BCUT2D eigenvalue weighted by Gasteiger charge is -2.29. The molecule has 0 aliphatic carbocycles. The summed E-state index contributed by atoms with van der Waals surface area (Å²) in [6, 6.07) is 16.5. The molecule has 1 N–H and O–H groups in total. The fourth-order valence-corrected chi connectivity index (χ4v) is 4.81. The van der Waals surface area contributed by atoms with Crippen molar-refractivity contribution < 1.29 is 18.0 Å². The van der Waals surface area contributed by atoms with E-state index in [1.54, 1.807) is 24.0 Å². The Bertz CT molecular complexity index is 1040. The number of hydrogen-bond acceptors (Lipinski definition) is 4. The summed E-state index contributed by atoms with van der Waals surface area (Å²) >= 11 is 0. The summed E-state index contributed by atoms with van der Waals surface area (Å²) in [6.45, 7) is 6.75. The molecule has 2 amide bonds. The molecule has 0 radical (unpaired) electrons. The number of aryl methyl sites for hydroxylation is 1. The van der Waals surface area contributed by atoms with Gasteiger partial charge in [0.1, 0.15) is 6.04 Å². The second-order valence-corrected chi connectivity index (χ2v) is 10.4. The molecule has 0 aliphatic rings. The van der Waals surface area contributed by atoms with Crippen LogP contribution in [0, 0.1) is 6.92 Å². The van der Waals surface area contributed by atoms with Crippen molar-refractivity contribution in [2.24, 2.45) is 0 Å². The van der Waals surface area contributed by atoms with Crippen molar-refractivity contribution in [1.29, 1.82) is 0 Å². The number of carbonyl (C=O) groups is 2. The predicted molar refractivity (Wildman–Crippen MR) is 137 cm³/mol. The molecule has 0 spiro atoms. The van der Waals surface area contributed by atoms with Crippen LogP contribution in [0.5, 0.6) is 0 Å². The lowest BCUT2D eigenvalue weighted by molar-refractivity contribution is -0.139. The Kier molecular flexibility index (Phi) is 10.6. The van der Waals surface area contributed by atoms with E-state index in [4.69, 9.17) is 0 Å². The molecule has 0 saturated carbocycles. The van der Waals surface area contributed by atoms with Crippen molar-refractivity contribution in [3.05, 3.63) is 65.7 Å². The maximum Gasteiger partial charge on any atom is 0.242 e. The van der Waals surface area contributed by atoms with Crippen LogP contribution in [0.2, 0.25) is 0 Å². The first-order chi connectivity index (χ1) is 16.1. The zero-order valence-corrected chi connectivity index (χ0v) is 21.5. The van der Waals surface area contributed by atoms with E-state index in [9.17, 15) is 18.0 Å². The van der Waals surface area contributed by atoms with E-state index in [0.29, 0.717) is 31.6 Å². The average Bonchev–Trinajstić information content (AvgIpc) is 2.81. The molecule has 8 heteroatoms. The number of rotatable bonds is 13. The highest BCUT2D eigenvalue weighted by Gasteiger charge is 2.26. The molecule has 0 aliphatic heterocycles. The summed E-state index contributed by atoms with van der Waals surface area (Å²) in [7, 11) is -3.50. The molecule has 1 atom stereocenters. The summed E-state index contributed by atoms with van der Waals surface area (Å²) in [5.41, 5.74) is 2.56. The number of nitrogens with zero attached hydrogens (tertiary/aromatic N) is 2. The van der Waals surface area contributed by atoms with E-state index in [0.717, 1.165) is 17.5 Å². The quantitative estimate of drug-likeness (QED) is 0.468. The summed E-state index contributed by atoms with van der Waals surface area (Å²) < 4.78 is 26.2. The summed E-state index contributed by atoms with van der Waals surface area (Å²) in [4.78, 5) is 27.4. The van der Waals surface area contributed by atoms with E-state index in [1.165, 1.54) is 10.6 Å². The molecule has 186 valence electrons. The first kappa shape index (κ1) is 27.4. The van der Waals surface area contributed by atoms with Gasteiger partial charge in [-0.2, -0.15) is 0 Å². The van der Waals surface area contributed by atoms with Crippen LogP contribution in [-0.2, 0) is 26.0 Å². The monoisotopic (exact) mass is 487 g/mol. The van der Waals surface area contributed by atoms with Crippen LogP contribution in [0.3, 0.4) is 0 Å². The highest BCUT2D eigenvalue weighted by molar-refractivity contribution is 7.92. The minimum Gasteiger partial charge on any atom is -0.354 e. The minimum absolute atomic E-state index is 0.151. The number of sulfonamides is 1. The van der Waals surface area contributed by atoms with Gasteiger partial charge in [0.2, 0.25) is 21.8 Å². The molecule has 0 fully saturated rings. The second-order valence-electron chi connectivity index (χ2n) is 8.51. The maximum absolute atomic E-state index is 13.2. The highest BCUT2D eigenvalue weighted by atomic mass is 32.2. The van der Waals surface area contributed by atoms with Gasteiger partial charge < -0.3 is 10.2 Å². The molecule has 34 heavy (non-hydrogen) atoms. The normalized spacial score (nSPS) is 12.1. The summed E-state index contributed by atoms with van der Waals surface area (Å²) in [5, 5.41) is 2.87. The van der Waals surface area contributed by atoms with Crippen molar-refractivity contribution in [3.63, 3.8) is 0 Å². The van der Waals surface area contributed by atoms with Gasteiger partial charge in [-0.25, -0.2) is 8.42 Å². The Labute approximate surface area is 204 Å². The van der Waals surface area contributed by atoms with Crippen LogP contribution < -0.4 is 9.62 Å². The van der Waals surface area contributed by atoms with Crippen LogP contribution in [0.25, 0.3) is 0 Å². The van der Waals surface area contributed by atoms with Crippen molar-refractivity contribution >= 4 is 27.5 Å². The Morgan fingerprint density at radius 3 is 2.26 bits per heavy atom. The number of nitrogens with one attached hydrogen (secondary N) is 1. The standard InChI is InChI=1S/C26H37N3O4S/c1-5-18-27-26(31)22(3)28(20-17-23-13-7-6-8-14-23)25(30)16-11-19-29(34(4,32)33)24-15-10-9-12-21(24)2/h6-10,12-15,22H,5,11,16-20H2,1-4H3,(H,27,31). The fraction of sp³-hybridized carbons (Fsp3) is 0.462. The number of hydrogen-bond donors (Lipinski definition) is 1. The molecule has 2 aromatic carbocycles. The molecule has 7 nitrogen and oxygen atoms in total. The number of anilines is 1. The van der Waals surface area contributed by atoms with E-state index in [2.05, 4.69) is 5.32 Å². The van der Waals surface area contributed by atoms with Gasteiger partial charge in [-0.05, 0) is 50.3 Å². The Balaban J connectivity index is 2.10. The van der Waals surface area contributed by atoms with Gasteiger partial charge >= 0.3 is 0 Å². The molecule has 2 rings (SSSR count). The second kappa shape index (κ2) is 13.1. The van der Waals surface area contributed by atoms with Gasteiger partial charge in [0.15, 0.2) is 0 Å². The molecule has 0 heterocycles. The molecule has 1 unspecified atom stereocenters. The van der Waals surface area contributed by atoms with Crippen LogP contribution in [0.4, 0.5) is 5.69 Å². The number of amides is 2. The van der Waals surface area contributed by atoms with Crippen LogP contribution in [-0.4, -0.2) is 57.1 Å². The maximum atomic E-state index is 13.2. The molecule has 0 aromatic heterocycles. The summed E-state index contributed by atoms with van der Waals surface area (Å²) in [5.74, 6) is -0.339. The zero-order chi connectivity index (χ0) is 25.1. The first-order valence-corrected chi connectivity index (χ1v) is 13.6. The van der Waals surface area contributed by atoms with Gasteiger partial charge in [0, 0.05) is 26.1 Å². The van der Waals surface area contributed by atoms with Crippen molar-refractivity contribution in [3.8, 4) is 0 Å². The Morgan fingerprint density at radius 1 is 1.00 bits per heavy atom. The summed E-state index contributed by atoms with van der Waals surface area (Å²) in [6.07, 6.45) is 3.13. The third kappa shape index (κ3) is 8.17. The van der Waals surface area contributed by atoms with Crippen molar-refractivity contribution in [1.82, 2.24) is 10.2 Å². The van der Waals surface area contributed by atoms with Gasteiger partial charge in [0.25, 0.3) is 0 Å². The Morgan fingerprint density at radius 2 is 1.65 bits per heavy atom. The van der Waals surface area contributed by atoms with Gasteiger partial charge in [-0.1, -0.05) is 55.5 Å². The predicted octanol–water partition coefficient (Wildman–Crippen LogP) is 3.53. The molecular formula is C26H37N3O4S. The lowest BCUT2D eigenvalue weighted by atomic mass is 10.1.